The highest BCUT2D eigenvalue weighted by atomic mass is 16.1. The van der Waals surface area contributed by atoms with Crippen LogP contribution >= 0.6 is 0 Å². The van der Waals surface area contributed by atoms with E-state index in [9.17, 15) is 4.79 Å². The van der Waals surface area contributed by atoms with E-state index in [1.165, 1.54) is 43.5 Å². The average Bonchev–Trinajstić information content (AvgIpc) is 2.51. The smallest absolute Gasteiger partial charge is 0.299 e. The van der Waals surface area contributed by atoms with Gasteiger partial charge in [0.2, 0.25) is 0 Å². The summed E-state index contributed by atoms with van der Waals surface area (Å²) in [6.45, 7) is 0. The fourth-order valence-electron chi connectivity index (χ4n) is 2.58. The monoisotopic (exact) mass is 208 g/mol. The standard InChI is InChI=1S/C12H20N2O/c1-13-10-8-6-4-3-5-7-9-11(10)14(2)12(13)15/h3-9H2,1-2H3. The molecule has 3 nitrogen and oxygen atoms in total. The van der Waals surface area contributed by atoms with Gasteiger partial charge < -0.3 is 0 Å². The van der Waals surface area contributed by atoms with Crippen LogP contribution in [0, 0.1) is 0 Å². The van der Waals surface area contributed by atoms with Gasteiger partial charge in [0.1, 0.15) is 0 Å². The number of rotatable bonds is 0. The molecule has 3 heteroatoms. The predicted molar refractivity (Wildman–Crippen MR) is 61.1 cm³/mol. The second-order valence-corrected chi connectivity index (χ2v) is 4.56. The Morgan fingerprint density at radius 2 is 1.20 bits per heavy atom. The molecule has 1 aromatic heterocycles. The van der Waals surface area contributed by atoms with Gasteiger partial charge in [-0.25, -0.2) is 4.79 Å². The van der Waals surface area contributed by atoms with Crippen molar-refractivity contribution >= 4 is 0 Å². The van der Waals surface area contributed by atoms with Crippen molar-refractivity contribution in [3.05, 3.63) is 21.9 Å². The van der Waals surface area contributed by atoms with E-state index in [4.69, 9.17) is 0 Å². The van der Waals surface area contributed by atoms with Crippen LogP contribution in [0.1, 0.15) is 43.5 Å². The van der Waals surface area contributed by atoms with E-state index in [0.29, 0.717) is 0 Å². The van der Waals surface area contributed by atoms with Crippen molar-refractivity contribution in [2.24, 2.45) is 14.1 Å². The van der Waals surface area contributed by atoms with Gasteiger partial charge >= 0.3 is 5.69 Å². The summed E-state index contributed by atoms with van der Waals surface area (Å²) in [7, 11) is 3.80. The molecule has 0 fully saturated rings. The van der Waals surface area contributed by atoms with Crippen LogP contribution in [0.4, 0.5) is 0 Å². The van der Waals surface area contributed by atoms with Gasteiger partial charge in [-0.3, -0.25) is 9.13 Å². The third kappa shape index (κ3) is 1.87. The summed E-state index contributed by atoms with van der Waals surface area (Å²) in [5.41, 5.74) is 2.68. The largest absolute Gasteiger partial charge is 0.328 e. The van der Waals surface area contributed by atoms with E-state index < -0.39 is 0 Å². The van der Waals surface area contributed by atoms with Crippen molar-refractivity contribution in [2.45, 2.75) is 44.9 Å². The predicted octanol–water partition coefficient (Wildman–Crippen LogP) is 1.77. The Kier molecular flexibility index (Phi) is 2.98. The molecule has 0 unspecified atom stereocenters. The van der Waals surface area contributed by atoms with Crippen molar-refractivity contribution in [3.63, 3.8) is 0 Å². The molecule has 0 aliphatic heterocycles. The Hall–Kier alpha value is -0.990. The molecule has 0 N–H and O–H groups in total. The molecule has 0 saturated heterocycles. The summed E-state index contributed by atoms with van der Waals surface area (Å²) >= 11 is 0. The van der Waals surface area contributed by atoms with Crippen LogP contribution in [-0.4, -0.2) is 9.13 Å². The first-order valence-corrected chi connectivity index (χ1v) is 5.95. The van der Waals surface area contributed by atoms with E-state index in [-0.39, 0.29) is 5.69 Å². The number of hydrogen-bond donors (Lipinski definition) is 0. The Bertz CT molecular complexity index is 366. The molecule has 0 saturated carbocycles. The highest BCUT2D eigenvalue weighted by Gasteiger charge is 2.15. The first kappa shape index (κ1) is 10.5. The van der Waals surface area contributed by atoms with Crippen LogP contribution in [0.25, 0.3) is 0 Å². The molecule has 2 rings (SSSR count). The molecule has 1 heterocycles. The molecular weight excluding hydrogens is 188 g/mol. The van der Waals surface area contributed by atoms with Crippen LogP contribution in [0.15, 0.2) is 4.79 Å². The quantitative estimate of drug-likeness (QED) is 0.638. The summed E-state index contributed by atoms with van der Waals surface area (Å²) in [5.74, 6) is 0. The van der Waals surface area contributed by atoms with Crippen LogP contribution in [0.2, 0.25) is 0 Å². The molecular formula is C12H20N2O. The SMILES string of the molecule is Cn1c2c(n(C)c1=O)CCCCCCC2. The van der Waals surface area contributed by atoms with Crippen molar-refractivity contribution in [1.82, 2.24) is 9.13 Å². The van der Waals surface area contributed by atoms with Gasteiger partial charge in [-0.15, -0.1) is 0 Å². The number of nitrogens with zero attached hydrogens (tertiary/aromatic N) is 2. The lowest BCUT2D eigenvalue weighted by Gasteiger charge is -2.04. The molecule has 0 spiro atoms. The zero-order chi connectivity index (χ0) is 10.8. The molecule has 1 aliphatic rings. The van der Waals surface area contributed by atoms with Gasteiger partial charge in [0.15, 0.2) is 0 Å². The molecule has 1 aliphatic carbocycles. The van der Waals surface area contributed by atoms with Crippen molar-refractivity contribution < 1.29 is 0 Å². The van der Waals surface area contributed by atoms with E-state index in [1.807, 2.05) is 23.2 Å². The molecule has 15 heavy (non-hydrogen) atoms. The van der Waals surface area contributed by atoms with Crippen LogP contribution in [0.3, 0.4) is 0 Å². The highest BCUT2D eigenvalue weighted by molar-refractivity contribution is 5.15. The number of hydrogen-bond acceptors (Lipinski definition) is 1. The second kappa shape index (κ2) is 4.25. The summed E-state index contributed by atoms with van der Waals surface area (Å²) in [4.78, 5) is 11.8. The minimum atomic E-state index is 0.139. The maximum Gasteiger partial charge on any atom is 0.328 e. The van der Waals surface area contributed by atoms with Gasteiger partial charge in [0, 0.05) is 25.5 Å². The third-order valence-electron chi connectivity index (χ3n) is 3.54. The Balaban J connectivity index is 2.41. The number of aromatic nitrogens is 2. The molecule has 1 aromatic rings. The minimum Gasteiger partial charge on any atom is -0.299 e. The molecule has 0 atom stereocenters. The van der Waals surface area contributed by atoms with Crippen LogP contribution in [0.5, 0.6) is 0 Å². The van der Waals surface area contributed by atoms with Crippen molar-refractivity contribution in [1.29, 1.82) is 0 Å². The maximum atomic E-state index is 11.8. The number of fused-ring (bicyclic) bond motifs is 1. The highest BCUT2D eigenvalue weighted by Crippen LogP contribution is 2.18. The zero-order valence-corrected chi connectivity index (χ0v) is 9.75. The van der Waals surface area contributed by atoms with E-state index in [2.05, 4.69) is 0 Å². The Morgan fingerprint density at radius 1 is 0.800 bits per heavy atom. The number of imidazole rings is 1. The topological polar surface area (TPSA) is 26.9 Å². The Labute approximate surface area is 90.7 Å². The lowest BCUT2D eigenvalue weighted by atomic mass is 10.1. The fourth-order valence-corrected chi connectivity index (χ4v) is 2.58. The molecule has 84 valence electrons. The van der Waals surface area contributed by atoms with Crippen molar-refractivity contribution in [3.8, 4) is 0 Å². The summed E-state index contributed by atoms with van der Waals surface area (Å²) in [6.07, 6.45) is 8.56. The van der Waals surface area contributed by atoms with Gasteiger partial charge in [0.25, 0.3) is 0 Å². The first-order valence-electron chi connectivity index (χ1n) is 5.95. The lowest BCUT2D eigenvalue weighted by Crippen LogP contribution is -2.20. The van der Waals surface area contributed by atoms with E-state index >= 15 is 0 Å². The maximum absolute atomic E-state index is 11.8. The minimum absolute atomic E-state index is 0.139. The Morgan fingerprint density at radius 3 is 1.67 bits per heavy atom. The molecule has 0 radical (unpaired) electrons. The second-order valence-electron chi connectivity index (χ2n) is 4.56. The van der Waals surface area contributed by atoms with Gasteiger partial charge in [-0.1, -0.05) is 19.3 Å². The van der Waals surface area contributed by atoms with Gasteiger partial charge in [-0.2, -0.15) is 0 Å². The van der Waals surface area contributed by atoms with E-state index in [1.54, 1.807) is 0 Å². The summed E-state index contributed by atoms with van der Waals surface area (Å²) in [6, 6.07) is 0. The fraction of sp³-hybridized carbons (Fsp3) is 0.750. The summed E-state index contributed by atoms with van der Waals surface area (Å²) < 4.78 is 3.67. The van der Waals surface area contributed by atoms with Gasteiger partial charge in [0.05, 0.1) is 0 Å². The first-order chi connectivity index (χ1) is 7.22. The van der Waals surface area contributed by atoms with Crippen LogP contribution < -0.4 is 5.69 Å². The zero-order valence-electron chi connectivity index (χ0n) is 9.75. The average molecular weight is 208 g/mol. The lowest BCUT2D eigenvalue weighted by molar-refractivity contribution is 0.612. The summed E-state index contributed by atoms with van der Waals surface area (Å²) in [5, 5.41) is 0. The molecule has 0 amide bonds. The third-order valence-corrected chi connectivity index (χ3v) is 3.54. The molecule has 0 bridgehead atoms. The molecule has 0 aromatic carbocycles. The van der Waals surface area contributed by atoms with E-state index in [0.717, 1.165) is 12.8 Å². The van der Waals surface area contributed by atoms with Crippen molar-refractivity contribution in [2.75, 3.05) is 0 Å². The normalized spacial score (nSPS) is 17.7. The van der Waals surface area contributed by atoms with Crippen LogP contribution in [-0.2, 0) is 26.9 Å². The van der Waals surface area contributed by atoms with Gasteiger partial charge in [-0.05, 0) is 25.7 Å².